The molecule has 0 aliphatic carbocycles. The lowest BCUT2D eigenvalue weighted by Gasteiger charge is -2.11. The van der Waals surface area contributed by atoms with Crippen molar-refractivity contribution in [2.75, 3.05) is 0 Å². The third kappa shape index (κ3) is 4.94. The Kier molecular flexibility index (Phi) is 5.51. The molecule has 0 saturated carbocycles. The van der Waals surface area contributed by atoms with E-state index in [4.69, 9.17) is 16.7 Å². The van der Waals surface area contributed by atoms with Crippen molar-refractivity contribution in [3.8, 4) is 0 Å². The van der Waals surface area contributed by atoms with Crippen LogP contribution in [0, 0.1) is 0 Å². The Hall–Kier alpha value is -2.59. The fourth-order valence-electron chi connectivity index (χ4n) is 2.86. The summed E-state index contributed by atoms with van der Waals surface area (Å²) in [5.41, 5.74) is 5.21. The number of benzene rings is 2. The van der Waals surface area contributed by atoms with Gasteiger partial charge in [0.2, 0.25) is 0 Å². The highest BCUT2D eigenvalue weighted by atomic mass is 35.5. The minimum atomic E-state index is -0.818. The third-order valence-electron chi connectivity index (χ3n) is 4.14. The summed E-state index contributed by atoms with van der Waals surface area (Å²) in [5, 5.41) is 9.86. The van der Waals surface area contributed by atoms with Crippen LogP contribution in [0.5, 0.6) is 0 Å². The van der Waals surface area contributed by atoms with Crippen molar-refractivity contribution in [3.63, 3.8) is 0 Å². The minimum Gasteiger partial charge on any atom is -0.481 e. The number of carboxylic acids is 1. The normalized spacial score (nSPS) is 10.8. The fourth-order valence-corrected chi connectivity index (χ4v) is 2.98. The first-order valence-electron chi connectivity index (χ1n) is 8.15. The summed E-state index contributed by atoms with van der Waals surface area (Å²) in [6.07, 6.45) is 6.01. The van der Waals surface area contributed by atoms with E-state index in [9.17, 15) is 4.79 Å². The first-order chi connectivity index (χ1) is 12.1. The first-order valence-corrected chi connectivity index (χ1v) is 8.52. The van der Waals surface area contributed by atoms with Gasteiger partial charge in [-0.15, -0.1) is 0 Å². The number of aryl methyl sites for hydroxylation is 2. The van der Waals surface area contributed by atoms with Crippen LogP contribution in [0.4, 0.5) is 0 Å². The van der Waals surface area contributed by atoms with Crippen molar-refractivity contribution >= 4 is 17.6 Å². The van der Waals surface area contributed by atoms with Gasteiger partial charge in [0, 0.05) is 11.2 Å². The molecule has 0 aliphatic rings. The van der Waals surface area contributed by atoms with E-state index in [0.29, 0.717) is 11.4 Å². The number of aliphatic carboxylic acids is 1. The zero-order valence-corrected chi connectivity index (χ0v) is 14.5. The second-order valence-electron chi connectivity index (χ2n) is 6.04. The van der Waals surface area contributed by atoms with Crippen molar-refractivity contribution in [2.45, 2.75) is 25.7 Å². The van der Waals surface area contributed by atoms with Crippen molar-refractivity contribution < 1.29 is 9.90 Å². The average Bonchev–Trinajstić information content (AvgIpc) is 3.10. The first kappa shape index (κ1) is 17.2. The second kappa shape index (κ2) is 7.99. The molecule has 3 aromatic rings. The maximum Gasteiger partial charge on any atom is 0.307 e. The number of aromatic nitrogens is 2. The van der Waals surface area contributed by atoms with E-state index in [1.165, 1.54) is 5.56 Å². The number of aromatic amines is 1. The molecule has 1 heterocycles. The lowest BCUT2D eigenvalue weighted by atomic mass is 9.94. The standard InChI is InChI=1S/C20H19ClN2O2/c21-18-6-2-15(3-7-18)10-17-9-14(1-5-16(17)11-20(24)25)4-8-19-12-22-13-23-19/h1-3,5-7,9,12-13H,4,8,10-11H2,(H,22,23)(H,24,25). The monoisotopic (exact) mass is 354 g/mol. The van der Waals surface area contributed by atoms with Crippen LogP contribution in [0.25, 0.3) is 0 Å². The molecule has 128 valence electrons. The van der Waals surface area contributed by atoms with Crippen molar-refractivity contribution in [3.05, 3.63) is 88.0 Å². The highest BCUT2D eigenvalue weighted by Gasteiger charge is 2.09. The maximum atomic E-state index is 11.2. The zero-order chi connectivity index (χ0) is 17.6. The van der Waals surface area contributed by atoms with Gasteiger partial charge < -0.3 is 10.1 Å². The van der Waals surface area contributed by atoms with E-state index < -0.39 is 5.97 Å². The predicted molar refractivity (Wildman–Crippen MR) is 98.0 cm³/mol. The third-order valence-corrected chi connectivity index (χ3v) is 4.40. The number of carboxylic acid groups (broad SMARTS) is 1. The molecule has 4 nitrogen and oxygen atoms in total. The molecule has 0 radical (unpaired) electrons. The van der Waals surface area contributed by atoms with E-state index in [1.54, 1.807) is 6.33 Å². The molecule has 5 heteroatoms. The minimum absolute atomic E-state index is 0.0303. The molecule has 0 fully saturated rings. The number of carbonyl (C=O) groups is 1. The van der Waals surface area contributed by atoms with E-state index in [2.05, 4.69) is 16.0 Å². The van der Waals surface area contributed by atoms with E-state index in [-0.39, 0.29) is 6.42 Å². The molecule has 0 amide bonds. The van der Waals surface area contributed by atoms with Gasteiger partial charge in [0.1, 0.15) is 0 Å². The Morgan fingerprint density at radius 2 is 1.80 bits per heavy atom. The van der Waals surface area contributed by atoms with Crippen LogP contribution in [0.2, 0.25) is 5.02 Å². The molecule has 2 aromatic carbocycles. The Morgan fingerprint density at radius 1 is 1.04 bits per heavy atom. The van der Waals surface area contributed by atoms with Gasteiger partial charge in [0.05, 0.1) is 18.4 Å². The van der Waals surface area contributed by atoms with E-state index >= 15 is 0 Å². The Morgan fingerprint density at radius 3 is 2.48 bits per heavy atom. The summed E-state index contributed by atoms with van der Waals surface area (Å²) in [6, 6.07) is 13.7. The van der Waals surface area contributed by atoms with E-state index in [0.717, 1.165) is 35.2 Å². The summed E-state index contributed by atoms with van der Waals surface area (Å²) >= 11 is 5.94. The van der Waals surface area contributed by atoms with E-state index in [1.807, 2.05) is 42.6 Å². The van der Waals surface area contributed by atoms with Crippen LogP contribution < -0.4 is 0 Å². The maximum absolute atomic E-state index is 11.2. The molecule has 1 aromatic heterocycles. The summed E-state index contributed by atoms with van der Waals surface area (Å²) in [4.78, 5) is 18.4. The number of nitrogens with zero attached hydrogens (tertiary/aromatic N) is 1. The van der Waals surface area contributed by atoms with Gasteiger partial charge in [-0.05, 0) is 53.6 Å². The van der Waals surface area contributed by atoms with Crippen LogP contribution in [-0.2, 0) is 30.5 Å². The number of imidazole rings is 1. The number of halogens is 1. The molecule has 0 unspecified atom stereocenters. The smallest absolute Gasteiger partial charge is 0.307 e. The lowest BCUT2D eigenvalue weighted by molar-refractivity contribution is -0.136. The van der Waals surface area contributed by atoms with Crippen LogP contribution in [0.1, 0.15) is 27.9 Å². The van der Waals surface area contributed by atoms with Gasteiger partial charge >= 0.3 is 5.97 Å². The predicted octanol–water partition coefficient (Wildman–Crippen LogP) is 4.07. The summed E-state index contributed by atoms with van der Waals surface area (Å²) in [6.45, 7) is 0. The van der Waals surface area contributed by atoms with Gasteiger partial charge in [0.15, 0.2) is 0 Å². The SMILES string of the molecule is O=C(O)Cc1ccc(CCc2c[nH]cn2)cc1Cc1ccc(Cl)cc1. The molecule has 0 saturated heterocycles. The van der Waals surface area contributed by atoms with Crippen LogP contribution >= 0.6 is 11.6 Å². The zero-order valence-electron chi connectivity index (χ0n) is 13.7. The Bertz CT molecular complexity index is 843. The lowest BCUT2D eigenvalue weighted by Crippen LogP contribution is -2.05. The summed E-state index contributed by atoms with van der Waals surface area (Å²) in [5.74, 6) is -0.818. The van der Waals surface area contributed by atoms with Crippen LogP contribution in [0.15, 0.2) is 55.0 Å². The Labute approximate surface area is 151 Å². The highest BCUT2D eigenvalue weighted by Crippen LogP contribution is 2.20. The van der Waals surface area contributed by atoms with Gasteiger partial charge in [-0.3, -0.25) is 4.79 Å². The van der Waals surface area contributed by atoms with Crippen molar-refractivity contribution in [1.29, 1.82) is 0 Å². The largest absolute Gasteiger partial charge is 0.481 e. The number of hydrogen-bond donors (Lipinski definition) is 2. The van der Waals surface area contributed by atoms with Gasteiger partial charge in [0.25, 0.3) is 0 Å². The number of rotatable bonds is 7. The molecule has 25 heavy (non-hydrogen) atoms. The number of H-pyrrole nitrogens is 1. The molecule has 0 aliphatic heterocycles. The molecule has 0 spiro atoms. The Balaban J connectivity index is 1.81. The molecule has 0 bridgehead atoms. The van der Waals surface area contributed by atoms with Gasteiger partial charge in [-0.1, -0.05) is 41.9 Å². The average molecular weight is 355 g/mol. The molecular formula is C20H19ClN2O2. The molecule has 3 rings (SSSR count). The fraction of sp³-hybridized carbons (Fsp3) is 0.200. The number of nitrogens with one attached hydrogen (secondary N) is 1. The molecule has 0 atom stereocenters. The molecular weight excluding hydrogens is 336 g/mol. The number of hydrogen-bond acceptors (Lipinski definition) is 2. The topological polar surface area (TPSA) is 66.0 Å². The highest BCUT2D eigenvalue weighted by molar-refractivity contribution is 6.30. The van der Waals surface area contributed by atoms with Crippen LogP contribution in [-0.4, -0.2) is 21.0 Å². The van der Waals surface area contributed by atoms with Gasteiger partial charge in [-0.25, -0.2) is 4.98 Å². The summed E-state index contributed by atoms with van der Waals surface area (Å²) < 4.78 is 0. The molecule has 2 N–H and O–H groups in total. The second-order valence-corrected chi connectivity index (χ2v) is 6.47. The summed E-state index contributed by atoms with van der Waals surface area (Å²) in [7, 11) is 0. The van der Waals surface area contributed by atoms with Crippen LogP contribution in [0.3, 0.4) is 0 Å². The van der Waals surface area contributed by atoms with Crippen molar-refractivity contribution in [1.82, 2.24) is 9.97 Å². The van der Waals surface area contributed by atoms with Gasteiger partial charge in [-0.2, -0.15) is 0 Å². The van der Waals surface area contributed by atoms with Crippen molar-refractivity contribution in [2.24, 2.45) is 0 Å². The quantitative estimate of drug-likeness (QED) is 0.672.